The van der Waals surface area contributed by atoms with Crippen molar-refractivity contribution in [1.82, 2.24) is 5.43 Å². The van der Waals surface area contributed by atoms with E-state index in [1.165, 1.54) is 0 Å². The van der Waals surface area contributed by atoms with Crippen molar-refractivity contribution in [2.24, 2.45) is 5.10 Å². The summed E-state index contributed by atoms with van der Waals surface area (Å²) in [6.45, 7) is 2.50. The van der Waals surface area contributed by atoms with Crippen molar-refractivity contribution in [2.45, 2.75) is 6.92 Å². The monoisotopic (exact) mass is 359 g/mol. The van der Waals surface area contributed by atoms with Gasteiger partial charge in [-0.1, -0.05) is 12.1 Å². The molecule has 2 aromatic rings. The summed E-state index contributed by atoms with van der Waals surface area (Å²) >= 11 is 5.23. The molecule has 0 amide bonds. The Labute approximate surface area is 152 Å². The number of para-hydroxylation sites is 2. The first-order valence-electron chi connectivity index (χ1n) is 7.71. The normalized spacial score (nSPS) is 10.4. The molecule has 0 saturated heterocycles. The first-order valence-corrected chi connectivity index (χ1v) is 8.12. The molecule has 7 heteroatoms. The predicted molar refractivity (Wildman–Crippen MR) is 104 cm³/mol. The minimum Gasteiger partial charge on any atom is -0.495 e. The van der Waals surface area contributed by atoms with Crippen molar-refractivity contribution in [1.29, 1.82) is 0 Å². The third kappa shape index (κ3) is 5.36. The molecule has 0 unspecified atom stereocenters. The molecular weight excluding hydrogens is 338 g/mol. The highest BCUT2D eigenvalue weighted by Gasteiger charge is 2.05. The Morgan fingerprint density at radius 3 is 2.56 bits per heavy atom. The van der Waals surface area contributed by atoms with Crippen molar-refractivity contribution in [3.8, 4) is 17.2 Å². The number of methoxy groups -OCH3 is 2. The maximum absolute atomic E-state index is 5.49. The molecule has 0 heterocycles. The molecule has 0 aromatic heterocycles. The van der Waals surface area contributed by atoms with Crippen LogP contribution in [0.5, 0.6) is 17.2 Å². The molecule has 0 spiro atoms. The van der Waals surface area contributed by atoms with E-state index in [0.717, 1.165) is 11.3 Å². The minimum atomic E-state index is 0.360. The second kappa shape index (κ2) is 9.48. The molecule has 0 aliphatic rings. The first-order chi connectivity index (χ1) is 12.2. The fourth-order valence-corrected chi connectivity index (χ4v) is 2.27. The van der Waals surface area contributed by atoms with Crippen LogP contribution in [0.1, 0.15) is 12.5 Å². The van der Waals surface area contributed by atoms with E-state index >= 15 is 0 Å². The zero-order valence-electron chi connectivity index (χ0n) is 14.4. The average Bonchev–Trinajstić information content (AvgIpc) is 2.63. The van der Waals surface area contributed by atoms with E-state index in [1.54, 1.807) is 20.4 Å². The lowest BCUT2D eigenvalue weighted by atomic mass is 10.2. The van der Waals surface area contributed by atoms with Crippen LogP contribution >= 0.6 is 12.2 Å². The molecule has 6 nitrogen and oxygen atoms in total. The fraction of sp³-hybridized carbons (Fsp3) is 0.222. The number of ether oxygens (including phenoxy) is 3. The maximum atomic E-state index is 5.49. The fourth-order valence-electron chi connectivity index (χ4n) is 2.10. The molecule has 0 aliphatic carbocycles. The summed E-state index contributed by atoms with van der Waals surface area (Å²) < 4.78 is 16.1. The second-order valence-electron chi connectivity index (χ2n) is 4.87. The van der Waals surface area contributed by atoms with Crippen LogP contribution in [-0.2, 0) is 0 Å². The van der Waals surface area contributed by atoms with E-state index in [1.807, 2.05) is 49.4 Å². The van der Waals surface area contributed by atoms with Gasteiger partial charge in [-0.2, -0.15) is 5.10 Å². The predicted octanol–water partition coefficient (Wildman–Crippen LogP) is 3.42. The van der Waals surface area contributed by atoms with Gasteiger partial charge in [0, 0.05) is 0 Å². The summed E-state index contributed by atoms with van der Waals surface area (Å²) in [6, 6.07) is 13.1. The van der Waals surface area contributed by atoms with Crippen LogP contribution in [-0.4, -0.2) is 32.2 Å². The average molecular weight is 359 g/mol. The third-order valence-electron chi connectivity index (χ3n) is 3.22. The van der Waals surface area contributed by atoms with Crippen LogP contribution in [0.25, 0.3) is 0 Å². The molecule has 132 valence electrons. The van der Waals surface area contributed by atoms with E-state index < -0.39 is 0 Å². The minimum absolute atomic E-state index is 0.360. The highest BCUT2D eigenvalue weighted by Crippen LogP contribution is 2.27. The summed E-state index contributed by atoms with van der Waals surface area (Å²) in [5.74, 6) is 2.05. The number of hydrogen-bond acceptors (Lipinski definition) is 5. The number of hydrogen-bond donors (Lipinski definition) is 2. The lowest BCUT2D eigenvalue weighted by Gasteiger charge is -2.11. The van der Waals surface area contributed by atoms with Gasteiger partial charge in [0.2, 0.25) is 0 Å². The van der Waals surface area contributed by atoms with Crippen LogP contribution in [0.4, 0.5) is 5.69 Å². The van der Waals surface area contributed by atoms with Crippen LogP contribution in [0.3, 0.4) is 0 Å². The number of nitrogens with zero attached hydrogens (tertiary/aromatic N) is 1. The van der Waals surface area contributed by atoms with Gasteiger partial charge in [0.15, 0.2) is 16.6 Å². The summed E-state index contributed by atoms with van der Waals surface area (Å²) in [4.78, 5) is 0. The number of nitrogens with one attached hydrogen (secondary N) is 2. The highest BCUT2D eigenvalue weighted by atomic mass is 32.1. The number of anilines is 1. The van der Waals surface area contributed by atoms with Crippen molar-refractivity contribution in [3.05, 3.63) is 48.0 Å². The summed E-state index contributed by atoms with van der Waals surface area (Å²) in [7, 11) is 3.21. The SMILES string of the molecule is CCOc1ccc(/C=N/NC(=S)Nc2ccccc2OC)cc1OC. The zero-order chi connectivity index (χ0) is 18.1. The lowest BCUT2D eigenvalue weighted by molar-refractivity contribution is 0.311. The summed E-state index contributed by atoms with van der Waals surface area (Å²) in [5.41, 5.74) is 4.39. The van der Waals surface area contributed by atoms with E-state index in [2.05, 4.69) is 15.8 Å². The van der Waals surface area contributed by atoms with Gasteiger partial charge in [0.05, 0.1) is 32.7 Å². The lowest BCUT2D eigenvalue weighted by Crippen LogP contribution is -2.24. The van der Waals surface area contributed by atoms with E-state index in [4.69, 9.17) is 26.4 Å². The molecule has 0 saturated carbocycles. The third-order valence-corrected chi connectivity index (χ3v) is 3.42. The van der Waals surface area contributed by atoms with Crippen molar-refractivity contribution >= 4 is 29.2 Å². The molecule has 25 heavy (non-hydrogen) atoms. The van der Waals surface area contributed by atoms with Crippen LogP contribution in [0.15, 0.2) is 47.6 Å². The maximum Gasteiger partial charge on any atom is 0.191 e. The Morgan fingerprint density at radius 1 is 1.08 bits per heavy atom. The molecule has 0 aliphatic heterocycles. The van der Waals surface area contributed by atoms with E-state index in [-0.39, 0.29) is 0 Å². The molecule has 2 aromatic carbocycles. The molecule has 0 atom stereocenters. The van der Waals surface area contributed by atoms with Crippen molar-refractivity contribution < 1.29 is 14.2 Å². The number of rotatable bonds is 7. The van der Waals surface area contributed by atoms with Crippen LogP contribution < -0.4 is 25.0 Å². The summed E-state index contributed by atoms with van der Waals surface area (Å²) in [5, 5.41) is 7.52. The Hall–Kier alpha value is -2.80. The van der Waals surface area contributed by atoms with Crippen LogP contribution in [0.2, 0.25) is 0 Å². The van der Waals surface area contributed by atoms with Gasteiger partial charge < -0.3 is 19.5 Å². The van der Waals surface area contributed by atoms with Crippen molar-refractivity contribution in [2.75, 3.05) is 26.1 Å². The van der Waals surface area contributed by atoms with Gasteiger partial charge in [0.25, 0.3) is 0 Å². The topological polar surface area (TPSA) is 64.1 Å². The molecule has 2 rings (SSSR count). The number of benzene rings is 2. The van der Waals surface area contributed by atoms with Gasteiger partial charge >= 0.3 is 0 Å². The Kier molecular flexibility index (Phi) is 7.03. The van der Waals surface area contributed by atoms with Crippen LogP contribution in [0, 0.1) is 0 Å². The van der Waals surface area contributed by atoms with E-state index in [0.29, 0.717) is 29.0 Å². The number of thiocarbonyl (C=S) groups is 1. The van der Waals surface area contributed by atoms with E-state index in [9.17, 15) is 0 Å². The van der Waals surface area contributed by atoms with Gasteiger partial charge in [-0.15, -0.1) is 0 Å². The Bertz CT molecular complexity index is 750. The highest BCUT2D eigenvalue weighted by molar-refractivity contribution is 7.80. The molecule has 0 radical (unpaired) electrons. The molecular formula is C18H21N3O3S. The number of hydrazone groups is 1. The molecule has 2 N–H and O–H groups in total. The quantitative estimate of drug-likeness (QED) is 0.449. The second-order valence-corrected chi connectivity index (χ2v) is 5.28. The standard InChI is InChI=1S/C18H21N3O3S/c1-4-24-16-10-9-13(11-17(16)23-3)12-19-21-18(25)20-14-7-5-6-8-15(14)22-2/h5-12H,4H2,1-3H3,(H2,20,21,25)/b19-12+. The summed E-state index contributed by atoms with van der Waals surface area (Å²) in [6.07, 6.45) is 1.65. The first kappa shape index (κ1) is 18.5. The molecule has 0 bridgehead atoms. The zero-order valence-corrected chi connectivity index (χ0v) is 15.2. The largest absolute Gasteiger partial charge is 0.495 e. The Balaban J connectivity index is 1.97. The van der Waals surface area contributed by atoms with Gasteiger partial charge in [-0.3, -0.25) is 5.43 Å². The van der Waals surface area contributed by atoms with Crippen molar-refractivity contribution in [3.63, 3.8) is 0 Å². The van der Waals surface area contributed by atoms with Gasteiger partial charge in [-0.05, 0) is 55.0 Å². The smallest absolute Gasteiger partial charge is 0.191 e. The molecule has 0 fully saturated rings. The van der Waals surface area contributed by atoms with Gasteiger partial charge in [0.1, 0.15) is 5.75 Å². The van der Waals surface area contributed by atoms with Gasteiger partial charge in [-0.25, -0.2) is 0 Å². The Morgan fingerprint density at radius 2 is 1.84 bits per heavy atom.